The molecule has 1 aliphatic heterocycles. The Morgan fingerprint density at radius 2 is 2.13 bits per heavy atom. The van der Waals surface area contributed by atoms with Crippen molar-refractivity contribution in [3.8, 4) is 0 Å². The third-order valence-corrected chi connectivity index (χ3v) is 3.17. The highest BCUT2D eigenvalue weighted by atomic mass is 16.6. The lowest BCUT2D eigenvalue weighted by Crippen LogP contribution is -2.47. The number of benzene rings is 1. The number of amidine groups is 1. The van der Waals surface area contributed by atoms with Crippen LogP contribution in [0.1, 0.15) is 19.4 Å². The maximum absolute atomic E-state index is 12.1. The maximum Gasteiger partial charge on any atom is 0.277 e. The second-order valence-electron chi connectivity index (χ2n) is 4.88. The van der Waals surface area contributed by atoms with Crippen LogP contribution in [0.25, 0.3) is 0 Å². The molecule has 1 aromatic carbocycles. The lowest BCUT2D eigenvalue weighted by molar-refractivity contribution is -0.139. The van der Waals surface area contributed by atoms with Crippen molar-refractivity contribution < 1.29 is 19.6 Å². The number of hydrazone groups is 1. The number of hydrogen-bond acceptors (Lipinski definition) is 6. The fraction of sp³-hybridized carbons (Fsp3) is 0.400. The zero-order valence-electron chi connectivity index (χ0n) is 13.3. The summed E-state index contributed by atoms with van der Waals surface area (Å²) < 4.78 is 5.29. The monoisotopic (exact) mass is 320 g/mol. The molecular weight excluding hydrogens is 300 g/mol. The number of ether oxygens (including phenoxy) is 1. The van der Waals surface area contributed by atoms with Crippen LogP contribution >= 0.6 is 0 Å². The van der Waals surface area contributed by atoms with Crippen LogP contribution in [0.4, 0.5) is 0 Å². The predicted octanol–water partition coefficient (Wildman–Crippen LogP) is 1.42. The summed E-state index contributed by atoms with van der Waals surface area (Å²) in [7, 11) is 1.49. The van der Waals surface area contributed by atoms with E-state index in [1.807, 2.05) is 30.3 Å². The smallest absolute Gasteiger partial charge is 0.277 e. The molecule has 0 saturated carbocycles. The van der Waals surface area contributed by atoms with E-state index >= 15 is 0 Å². The van der Waals surface area contributed by atoms with Crippen LogP contribution in [-0.4, -0.2) is 52.6 Å². The second-order valence-corrected chi connectivity index (χ2v) is 4.88. The van der Waals surface area contributed by atoms with Gasteiger partial charge in [0.2, 0.25) is 11.9 Å². The Labute approximate surface area is 134 Å². The predicted molar refractivity (Wildman–Crippen MR) is 83.6 cm³/mol. The molecule has 0 spiro atoms. The molecule has 8 heteroatoms. The van der Waals surface area contributed by atoms with E-state index in [2.05, 4.69) is 10.3 Å². The van der Waals surface area contributed by atoms with Crippen LogP contribution in [0.3, 0.4) is 0 Å². The molecule has 0 saturated heterocycles. The molecule has 2 rings (SSSR count). The van der Waals surface area contributed by atoms with Crippen LogP contribution in [0, 0.1) is 0 Å². The van der Waals surface area contributed by atoms with Gasteiger partial charge in [-0.1, -0.05) is 35.5 Å². The average molecular weight is 320 g/mol. The molecule has 1 atom stereocenters. The first kappa shape index (κ1) is 16.8. The number of likely N-dealkylation sites (N-methyl/N-ethyl adjacent to an activating group) is 1. The first-order chi connectivity index (χ1) is 11.0. The van der Waals surface area contributed by atoms with Crippen LogP contribution in [0.2, 0.25) is 0 Å². The summed E-state index contributed by atoms with van der Waals surface area (Å²) in [6.07, 6.45) is 0. The van der Waals surface area contributed by atoms with E-state index in [0.29, 0.717) is 11.7 Å². The van der Waals surface area contributed by atoms with E-state index in [1.165, 1.54) is 14.0 Å². The zero-order chi connectivity index (χ0) is 16.8. The van der Waals surface area contributed by atoms with Crippen molar-refractivity contribution in [2.45, 2.75) is 26.5 Å². The SMILES string of the molecule is CCOC1=NN(C)C(=O)C1N(O)C(C)=NOCc1ccccc1. The molecule has 1 aromatic rings. The minimum Gasteiger partial charge on any atom is -0.478 e. The molecule has 23 heavy (non-hydrogen) atoms. The molecule has 8 nitrogen and oxygen atoms in total. The van der Waals surface area contributed by atoms with Crippen molar-refractivity contribution in [3.05, 3.63) is 35.9 Å². The summed E-state index contributed by atoms with van der Waals surface area (Å²) in [5, 5.41) is 19.8. The normalized spacial score (nSPS) is 18.0. The van der Waals surface area contributed by atoms with Crippen molar-refractivity contribution in [3.63, 3.8) is 0 Å². The summed E-state index contributed by atoms with van der Waals surface area (Å²) in [5.74, 6) is -0.157. The Morgan fingerprint density at radius 3 is 2.78 bits per heavy atom. The summed E-state index contributed by atoms with van der Waals surface area (Å²) in [4.78, 5) is 17.3. The largest absolute Gasteiger partial charge is 0.478 e. The van der Waals surface area contributed by atoms with E-state index in [4.69, 9.17) is 9.57 Å². The van der Waals surface area contributed by atoms with Crippen LogP contribution < -0.4 is 0 Å². The van der Waals surface area contributed by atoms with Gasteiger partial charge in [0, 0.05) is 7.05 Å². The standard InChI is InChI=1S/C15H20N4O4/c1-4-22-14-13(15(20)18(3)16-14)19(21)11(2)17-23-10-12-8-6-5-7-9-12/h5-9,13,21H,4,10H2,1-3H3. The topological polar surface area (TPSA) is 87.0 Å². The molecule has 0 radical (unpaired) electrons. The third-order valence-electron chi connectivity index (χ3n) is 3.17. The zero-order valence-corrected chi connectivity index (χ0v) is 13.3. The minimum absolute atomic E-state index is 0.125. The number of hydrogen-bond donors (Lipinski definition) is 1. The molecule has 0 aliphatic carbocycles. The highest BCUT2D eigenvalue weighted by Crippen LogP contribution is 2.14. The molecule has 1 heterocycles. The van der Waals surface area contributed by atoms with Crippen molar-refractivity contribution in [2.75, 3.05) is 13.7 Å². The first-order valence-corrected chi connectivity index (χ1v) is 7.22. The molecule has 1 aliphatic rings. The lowest BCUT2D eigenvalue weighted by atomic mass is 10.2. The van der Waals surface area contributed by atoms with Crippen molar-refractivity contribution >= 4 is 17.6 Å². The maximum atomic E-state index is 12.1. The van der Waals surface area contributed by atoms with Gasteiger partial charge in [-0.25, -0.2) is 10.1 Å². The van der Waals surface area contributed by atoms with Gasteiger partial charge >= 0.3 is 0 Å². The van der Waals surface area contributed by atoms with E-state index in [1.54, 1.807) is 6.92 Å². The molecule has 1 unspecified atom stereocenters. The quantitative estimate of drug-likeness (QED) is 0.504. The second kappa shape index (κ2) is 7.59. The van der Waals surface area contributed by atoms with Crippen molar-refractivity contribution in [2.24, 2.45) is 10.3 Å². The van der Waals surface area contributed by atoms with Gasteiger partial charge in [-0.2, -0.15) is 0 Å². The Balaban J connectivity index is 2.00. The van der Waals surface area contributed by atoms with Gasteiger partial charge in [0.15, 0.2) is 5.84 Å². The average Bonchev–Trinajstić information content (AvgIpc) is 2.82. The highest BCUT2D eigenvalue weighted by molar-refractivity contribution is 6.10. The molecule has 0 bridgehead atoms. The minimum atomic E-state index is -1.05. The Morgan fingerprint density at radius 1 is 1.43 bits per heavy atom. The van der Waals surface area contributed by atoms with Gasteiger partial charge < -0.3 is 9.57 Å². The number of nitrogens with zero attached hydrogens (tertiary/aromatic N) is 4. The summed E-state index contributed by atoms with van der Waals surface area (Å²) >= 11 is 0. The molecule has 0 fully saturated rings. The van der Waals surface area contributed by atoms with Gasteiger partial charge in [0.25, 0.3) is 5.91 Å². The number of oxime groups is 1. The van der Waals surface area contributed by atoms with Crippen molar-refractivity contribution in [1.29, 1.82) is 0 Å². The molecule has 0 aromatic heterocycles. The fourth-order valence-electron chi connectivity index (χ4n) is 2.00. The number of carbonyl (C=O) groups is 1. The highest BCUT2D eigenvalue weighted by Gasteiger charge is 2.41. The van der Waals surface area contributed by atoms with Crippen LogP contribution in [-0.2, 0) is 21.0 Å². The lowest BCUT2D eigenvalue weighted by Gasteiger charge is -2.22. The van der Waals surface area contributed by atoms with E-state index in [-0.39, 0.29) is 18.3 Å². The molecule has 124 valence electrons. The van der Waals surface area contributed by atoms with Gasteiger partial charge in [0.05, 0.1) is 6.61 Å². The fourth-order valence-corrected chi connectivity index (χ4v) is 2.00. The van der Waals surface area contributed by atoms with Gasteiger partial charge in [-0.15, -0.1) is 5.10 Å². The van der Waals surface area contributed by atoms with E-state index in [9.17, 15) is 10.0 Å². The van der Waals surface area contributed by atoms with Gasteiger partial charge in [-0.05, 0) is 19.4 Å². The Bertz CT molecular complexity index is 603. The number of amides is 1. The number of carbonyl (C=O) groups excluding carboxylic acids is 1. The van der Waals surface area contributed by atoms with Gasteiger partial charge in [0.1, 0.15) is 6.61 Å². The van der Waals surface area contributed by atoms with Gasteiger partial charge in [-0.3, -0.25) is 10.0 Å². The Kier molecular flexibility index (Phi) is 5.53. The third kappa shape index (κ3) is 3.98. The summed E-state index contributed by atoms with van der Waals surface area (Å²) in [6, 6.07) is 8.44. The Hall–Kier alpha value is -2.61. The molecule has 1 N–H and O–H groups in total. The molecule has 1 amide bonds. The summed E-state index contributed by atoms with van der Waals surface area (Å²) in [6.45, 7) is 3.90. The number of hydroxylamine groups is 2. The van der Waals surface area contributed by atoms with E-state index in [0.717, 1.165) is 10.6 Å². The number of rotatable bonds is 5. The summed E-state index contributed by atoms with van der Waals surface area (Å²) in [5.41, 5.74) is 0.946. The van der Waals surface area contributed by atoms with E-state index < -0.39 is 11.9 Å². The first-order valence-electron chi connectivity index (χ1n) is 7.22. The van der Waals surface area contributed by atoms with Crippen molar-refractivity contribution in [1.82, 2.24) is 10.1 Å². The van der Waals surface area contributed by atoms with Crippen LogP contribution in [0.15, 0.2) is 40.6 Å². The molecular formula is C15H20N4O4. The van der Waals surface area contributed by atoms with Crippen LogP contribution in [0.5, 0.6) is 0 Å².